The molecule has 16 heavy (non-hydrogen) atoms. The van der Waals surface area contributed by atoms with E-state index in [9.17, 15) is 0 Å². The number of aryl methyl sites for hydroxylation is 1. The zero-order chi connectivity index (χ0) is 11.5. The zero-order valence-electron chi connectivity index (χ0n) is 9.40. The van der Waals surface area contributed by atoms with Gasteiger partial charge in [-0.3, -0.25) is 11.7 Å². The predicted octanol–water partition coefficient (Wildman–Crippen LogP) is 2.39. The molecule has 0 spiro atoms. The van der Waals surface area contributed by atoms with E-state index >= 15 is 0 Å². The molecule has 0 bridgehead atoms. The summed E-state index contributed by atoms with van der Waals surface area (Å²) in [5.74, 6) is 8.00. The highest BCUT2D eigenvalue weighted by Crippen LogP contribution is 2.37. The van der Waals surface area contributed by atoms with Crippen LogP contribution in [-0.4, -0.2) is 0 Å². The average molecular weight is 212 g/mol. The van der Waals surface area contributed by atoms with Crippen LogP contribution in [-0.2, 0) is 6.42 Å². The molecule has 82 valence electrons. The minimum Gasteiger partial charge on any atom is -0.274 e. The lowest BCUT2D eigenvalue weighted by molar-refractivity contribution is 1.22. The Bertz CT molecular complexity index is 504. The van der Waals surface area contributed by atoms with E-state index in [-0.39, 0.29) is 0 Å². The molecule has 2 aromatic rings. The summed E-state index contributed by atoms with van der Waals surface area (Å²) in [6.07, 6.45) is 1.11. The number of rotatable bonds is 0. The van der Waals surface area contributed by atoms with Crippen molar-refractivity contribution in [2.75, 3.05) is 0 Å². The summed E-state index contributed by atoms with van der Waals surface area (Å²) in [4.78, 5) is 0. The molecular weight excluding hydrogens is 196 g/mol. The van der Waals surface area contributed by atoms with E-state index in [1.807, 2.05) is 0 Å². The highest BCUT2D eigenvalue weighted by atomic mass is 15.0. The molecule has 1 aliphatic rings. The number of nitrogens with two attached hydrogens (primary N) is 2. The summed E-state index contributed by atoms with van der Waals surface area (Å²) in [6, 6.07) is 15.3. The van der Waals surface area contributed by atoms with E-state index in [2.05, 4.69) is 61.1 Å². The molecule has 1 aliphatic carbocycles. The van der Waals surface area contributed by atoms with Crippen molar-refractivity contribution in [2.24, 2.45) is 11.7 Å². The Kier molecular flexibility index (Phi) is 3.04. The van der Waals surface area contributed by atoms with Crippen LogP contribution in [0.25, 0.3) is 11.1 Å². The normalized spacial score (nSPS) is 11.2. The van der Waals surface area contributed by atoms with E-state index < -0.39 is 0 Å². The fourth-order valence-electron chi connectivity index (χ4n) is 2.32. The van der Waals surface area contributed by atoms with Crippen LogP contribution in [0.2, 0.25) is 0 Å². The first-order chi connectivity index (χ1) is 7.86. The van der Waals surface area contributed by atoms with E-state index in [1.54, 1.807) is 0 Å². The Morgan fingerprint density at radius 3 is 2.38 bits per heavy atom. The molecule has 0 aromatic heterocycles. The van der Waals surface area contributed by atoms with Crippen molar-refractivity contribution in [3.05, 3.63) is 59.2 Å². The maximum atomic E-state index is 4.00. The molecule has 0 radical (unpaired) electrons. The monoisotopic (exact) mass is 212 g/mol. The van der Waals surface area contributed by atoms with Crippen molar-refractivity contribution in [3.63, 3.8) is 0 Å². The summed E-state index contributed by atoms with van der Waals surface area (Å²) in [5, 5.41) is 0. The lowest BCUT2D eigenvalue weighted by atomic mass is 10.0. The molecule has 0 saturated heterocycles. The smallest absolute Gasteiger partial charge is 0.00108 e. The Morgan fingerprint density at radius 1 is 0.875 bits per heavy atom. The molecule has 2 aromatic carbocycles. The van der Waals surface area contributed by atoms with Gasteiger partial charge in [0.15, 0.2) is 0 Å². The van der Waals surface area contributed by atoms with Crippen LogP contribution >= 0.6 is 0 Å². The first kappa shape index (κ1) is 10.9. The van der Waals surface area contributed by atoms with Crippen LogP contribution in [0, 0.1) is 6.92 Å². The van der Waals surface area contributed by atoms with Gasteiger partial charge in [0.2, 0.25) is 0 Å². The first-order valence-corrected chi connectivity index (χ1v) is 5.36. The summed E-state index contributed by atoms with van der Waals surface area (Å²) in [5.41, 5.74) is 7.25. The van der Waals surface area contributed by atoms with Gasteiger partial charge in [-0.15, -0.1) is 0 Å². The van der Waals surface area contributed by atoms with Crippen LogP contribution in [0.15, 0.2) is 42.5 Å². The maximum Gasteiger partial charge on any atom is -0.00108 e. The van der Waals surface area contributed by atoms with Gasteiger partial charge >= 0.3 is 0 Å². The number of hydrazine groups is 1. The Morgan fingerprint density at radius 2 is 1.56 bits per heavy atom. The largest absolute Gasteiger partial charge is 0.274 e. The second-order valence-electron chi connectivity index (χ2n) is 3.93. The van der Waals surface area contributed by atoms with E-state index in [0.29, 0.717) is 0 Å². The zero-order valence-corrected chi connectivity index (χ0v) is 9.40. The van der Waals surface area contributed by atoms with E-state index in [0.717, 1.165) is 6.42 Å². The van der Waals surface area contributed by atoms with Crippen molar-refractivity contribution in [1.29, 1.82) is 0 Å². The van der Waals surface area contributed by atoms with Gasteiger partial charge in [-0.1, -0.05) is 42.5 Å². The average Bonchev–Trinajstić information content (AvgIpc) is 2.72. The van der Waals surface area contributed by atoms with Crippen molar-refractivity contribution < 1.29 is 0 Å². The van der Waals surface area contributed by atoms with Gasteiger partial charge in [0, 0.05) is 0 Å². The van der Waals surface area contributed by atoms with Crippen LogP contribution in [0.1, 0.15) is 16.7 Å². The molecule has 0 unspecified atom stereocenters. The Balaban J connectivity index is 0.000000457. The SMILES string of the molecule is Cc1cccc2c1Cc1ccccc1-2.NN. The first-order valence-electron chi connectivity index (χ1n) is 5.36. The number of benzene rings is 2. The fraction of sp³-hybridized carbons (Fsp3) is 0.143. The molecule has 2 heteroatoms. The highest BCUT2D eigenvalue weighted by molar-refractivity contribution is 5.77. The standard InChI is InChI=1S/C14H12.H4N2/c1-10-5-4-8-13-12-7-3-2-6-11(12)9-14(10)13;1-2/h2-8H,9H2,1H3;1-2H2. The maximum absolute atomic E-state index is 4.00. The summed E-state index contributed by atoms with van der Waals surface area (Å²) < 4.78 is 0. The third-order valence-corrected chi connectivity index (χ3v) is 3.09. The number of hydrogen-bond donors (Lipinski definition) is 2. The Labute approximate surface area is 95.9 Å². The van der Waals surface area contributed by atoms with Crippen molar-refractivity contribution >= 4 is 0 Å². The molecule has 3 rings (SSSR count). The van der Waals surface area contributed by atoms with Crippen LogP contribution in [0.3, 0.4) is 0 Å². The van der Waals surface area contributed by atoms with Gasteiger partial charge in [0.1, 0.15) is 0 Å². The van der Waals surface area contributed by atoms with Gasteiger partial charge in [0.05, 0.1) is 0 Å². The van der Waals surface area contributed by atoms with Crippen LogP contribution in [0.5, 0.6) is 0 Å². The second kappa shape index (κ2) is 4.47. The molecule has 4 N–H and O–H groups in total. The fourth-order valence-corrected chi connectivity index (χ4v) is 2.32. The van der Waals surface area contributed by atoms with Crippen molar-refractivity contribution in [2.45, 2.75) is 13.3 Å². The quantitative estimate of drug-likeness (QED) is 0.444. The molecule has 2 nitrogen and oxygen atoms in total. The lowest BCUT2D eigenvalue weighted by Crippen LogP contribution is -2.02. The van der Waals surface area contributed by atoms with Crippen LogP contribution in [0.4, 0.5) is 0 Å². The summed E-state index contributed by atoms with van der Waals surface area (Å²) in [7, 11) is 0. The van der Waals surface area contributed by atoms with Gasteiger partial charge in [-0.25, -0.2) is 0 Å². The van der Waals surface area contributed by atoms with Gasteiger partial charge in [0.25, 0.3) is 0 Å². The van der Waals surface area contributed by atoms with Gasteiger partial charge in [-0.05, 0) is 41.2 Å². The van der Waals surface area contributed by atoms with E-state index in [1.165, 1.54) is 27.8 Å². The summed E-state index contributed by atoms with van der Waals surface area (Å²) in [6.45, 7) is 2.20. The van der Waals surface area contributed by atoms with Crippen molar-refractivity contribution in [3.8, 4) is 11.1 Å². The molecule has 0 atom stereocenters. The molecule has 0 amide bonds. The summed E-state index contributed by atoms with van der Waals surface area (Å²) >= 11 is 0. The third-order valence-electron chi connectivity index (χ3n) is 3.09. The minimum absolute atomic E-state index is 1.11. The third kappa shape index (κ3) is 1.62. The predicted molar refractivity (Wildman–Crippen MR) is 67.8 cm³/mol. The molecule has 0 saturated carbocycles. The highest BCUT2D eigenvalue weighted by Gasteiger charge is 2.18. The van der Waals surface area contributed by atoms with E-state index in [4.69, 9.17) is 0 Å². The number of fused-ring (bicyclic) bond motifs is 3. The lowest BCUT2D eigenvalue weighted by Gasteiger charge is -2.02. The number of hydrogen-bond acceptors (Lipinski definition) is 2. The van der Waals surface area contributed by atoms with Gasteiger partial charge < -0.3 is 0 Å². The molecule has 0 aliphatic heterocycles. The second-order valence-corrected chi connectivity index (χ2v) is 3.93. The van der Waals surface area contributed by atoms with Crippen molar-refractivity contribution in [1.82, 2.24) is 0 Å². The minimum atomic E-state index is 1.11. The molecular formula is C14H16N2. The molecule has 0 fully saturated rings. The Hall–Kier alpha value is -1.64. The van der Waals surface area contributed by atoms with Crippen LogP contribution < -0.4 is 11.7 Å². The topological polar surface area (TPSA) is 52.0 Å². The van der Waals surface area contributed by atoms with Gasteiger partial charge in [-0.2, -0.15) is 0 Å². The molecule has 0 heterocycles.